The predicted molar refractivity (Wildman–Crippen MR) is 146 cm³/mol. The quantitative estimate of drug-likeness (QED) is 0.234. The van der Waals surface area contributed by atoms with Crippen molar-refractivity contribution in [2.24, 2.45) is 0 Å². The van der Waals surface area contributed by atoms with Gasteiger partial charge in [0, 0.05) is 4.75 Å². The maximum Gasteiger partial charge on any atom is 0.0129 e. The van der Waals surface area contributed by atoms with E-state index in [1.54, 1.807) is 0 Å². The van der Waals surface area contributed by atoms with Gasteiger partial charge in [0.05, 0.1) is 0 Å². The Kier molecular flexibility index (Phi) is 5.26. The second-order valence-electron chi connectivity index (χ2n) is 10.1. The fourth-order valence-electron chi connectivity index (χ4n) is 6.18. The highest BCUT2D eigenvalue weighted by Gasteiger charge is 2.47. The first-order valence-electron chi connectivity index (χ1n) is 12.4. The van der Waals surface area contributed by atoms with Gasteiger partial charge in [0.2, 0.25) is 0 Å². The van der Waals surface area contributed by atoms with Gasteiger partial charge < -0.3 is 0 Å². The summed E-state index contributed by atoms with van der Waals surface area (Å²) in [5.74, 6) is 0. The van der Waals surface area contributed by atoms with E-state index >= 15 is 0 Å². The molecule has 2 aliphatic rings. The van der Waals surface area contributed by atoms with Crippen molar-refractivity contribution < 1.29 is 0 Å². The fraction of sp³-hybridized carbons (Fsp3) is 0.212. The van der Waals surface area contributed by atoms with E-state index in [1.165, 1.54) is 48.9 Å². The highest BCUT2D eigenvalue weighted by molar-refractivity contribution is 8.35. The van der Waals surface area contributed by atoms with E-state index in [-0.39, 0.29) is 4.75 Å². The lowest BCUT2D eigenvalue weighted by Crippen LogP contribution is -2.34. The minimum Gasteiger partial charge on any atom is -0.154 e. The minimum absolute atomic E-state index is 0.146. The molecule has 0 nitrogen and oxygen atoms in total. The first-order chi connectivity index (χ1) is 16.6. The van der Waals surface area contributed by atoms with Crippen LogP contribution in [0.2, 0.25) is 0 Å². The van der Waals surface area contributed by atoms with E-state index in [0.717, 1.165) is 19.3 Å². The topological polar surface area (TPSA) is 0 Å². The van der Waals surface area contributed by atoms with Crippen molar-refractivity contribution in [3.05, 3.63) is 126 Å². The Morgan fingerprint density at radius 3 is 1.88 bits per heavy atom. The second kappa shape index (κ2) is 8.32. The summed E-state index contributed by atoms with van der Waals surface area (Å²) in [7, 11) is -1.52. The monoisotopic (exact) mass is 460 g/mol. The van der Waals surface area contributed by atoms with Crippen molar-refractivity contribution in [3.8, 4) is 11.1 Å². The SMILES string of the molecule is Cc1ccc2c(c1)-c1cc(S(c3ccccc3)(c3ccccc3)C3(C)CC=CCC3)ccc1C2. The molecule has 0 N–H and O–H groups in total. The first kappa shape index (κ1) is 21.5. The van der Waals surface area contributed by atoms with E-state index in [1.807, 2.05) is 0 Å². The third-order valence-electron chi connectivity index (χ3n) is 7.86. The molecule has 0 saturated carbocycles. The summed E-state index contributed by atoms with van der Waals surface area (Å²) in [4.78, 5) is 4.44. The molecular formula is C33H32S. The molecule has 0 saturated heterocycles. The average molecular weight is 461 g/mol. The number of rotatable bonds is 4. The van der Waals surface area contributed by atoms with Crippen molar-refractivity contribution >= 4 is 10.0 Å². The summed E-state index contributed by atoms with van der Waals surface area (Å²) in [6, 6.07) is 37.2. The minimum atomic E-state index is -1.52. The summed E-state index contributed by atoms with van der Waals surface area (Å²) in [5.41, 5.74) is 7.14. The number of allylic oxidation sites excluding steroid dienone is 2. The summed E-state index contributed by atoms with van der Waals surface area (Å²) in [6.45, 7) is 4.76. The maximum atomic E-state index is 2.57. The lowest BCUT2D eigenvalue weighted by atomic mass is 9.95. The summed E-state index contributed by atoms with van der Waals surface area (Å²) in [5, 5.41) is 0. The zero-order valence-electron chi connectivity index (χ0n) is 20.1. The zero-order chi connectivity index (χ0) is 23.2. The van der Waals surface area contributed by atoms with Crippen LogP contribution in [0.4, 0.5) is 0 Å². The Balaban J connectivity index is 1.68. The van der Waals surface area contributed by atoms with E-state index in [0.29, 0.717) is 0 Å². The van der Waals surface area contributed by atoms with Crippen LogP contribution in [0.5, 0.6) is 0 Å². The molecule has 1 atom stereocenters. The fourth-order valence-corrected chi connectivity index (χ4v) is 11.2. The largest absolute Gasteiger partial charge is 0.154 e. The van der Waals surface area contributed by atoms with Crippen molar-refractivity contribution in [1.82, 2.24) is 0 Å². The Hall–Kier alpha value is -3.03. The van der Waals surface area contributed by atoms with Gasteiger partial charge in [0.1, 0.15) is 0 Å². The van der Waals surface area contributed by atoms with Crippen molar-refractivity contribution in [2.45, 2.75) is 59.0 Å². The normalized spacial score (nSPS) is 19.5. The van der Waals surface area contributed by atoms with Gasteiger partial charge in [0.25, 0.3) is 0 Å². The summed E-state index contributed by atoms with van der Waals surface area (Å²) in [6.07, 6.45) is 9.32. The van der Waals surface area contributed by atoms with Gasteiger partial charge >= 0.3 is 0 Å². The van der Waals surface area contributed by atoms with Crippen LogP contribution >= 0.6 is 10.0 Å². The average Bonchev–Trinajstić information content (AvgIpc) is 3.23. The van der Waals surface area contributed by atoms with Gasteiger partial charge in [-0.05, 0) is 106 Å². The van der Waals surface area contributed by atoms with Crippen LogP contribution in [-0.4, -0.2) is 4.75 Å². The Morgan fingerprint density at radius 1 is 0.647 bits per heavy atom. The number of hydrogen-bond acceptors (Lipinski definition) is 0. The van der Waals surface area contributed by atoms with Gasteiger partial charge in [-0.2, -0.15) is 10.0 Å². The van der Waals surface area contributed by atoms with Crippen LogP contribution < -0.4 is 0 Å². The van der Waals surface area contributed by atoms with Crippen LogP contribution in [0.3, 0.4) is 0 Å². The van der Waals surface area contributed by atoms with Crippen molar-refractivity contribution in [3.63, 3.8) is 0 Å². The van der Waals surface area contributed by atoms with Crippen LogP contribution in [0.1, 0.15) is 42.9 Å². The van der Waals surface area contributed by atoms with Crippen LogP contribution in [-0.2, 0) is 6.42 Å². The molecule has 0 radical (unpaired) electrons. The Bertz CT molecular complexity index is 1330. The van der Waals surface area contributed by atoms with Gasteiger partial charge in [-0.25, -0.2) is 0 Å². The number of fused-ring (bicyclic) bond motifs is 3. The molecule has 34 heavy (non-hydrogen) atoms. The number of benzene rings is 4. The molecule has 0 heterocycles. The summed E-state index contributed by atoms with van der Waals surface area (Å²) >= 11 is 0. The number of aryl methyl sites for hydroxylation is 1. The van der Waals surface area contributed by atoms with Gasteiger partial charge in [-0.1, -0.05) is 85.3 Å². The molecule has 4 aromatic carbocycles. The van der Waals surface area contributed by atoms with E-state index < -0.39 is 10.0 Å². The van der Waals surface area contributed by atoms with Crippen molar-refractivity contribution in [1.29, 1.82) is 0 Å². The molecule has 0 aromatic heterocycles. The highest BCUT2D eigenvalue weighted by Crippen LogP contribution is 2.78. The highest BCUT2D eigenvalue weighted by atomic mass is 32.3. The maximum absolute atomic E-state index is 2.57. The molecule has 170 valence electrons. The van der Waals surface area contributed by atoms with Gasteiger partial charge in [0.15, 0.2) is 0 Å². The predicted octanol–water partition coefficient (Wildman–Crippen LogP) is 9.35. The number of hydrogen-bond donors (Lipinski definition) is 0. The molecule has 1 unspecified atom stereocenters. The van der Waals surface area contributed by atoms with E-state index in [9.17, 15) is 0 Å². The molecule has 1 heteroatoms. The van der Waals surface area contributed by atoms with E-state index in [4.69, 9.17) is 0 Å². The molecule has 0 amide bonds. The molecule has 4 aromatic rings. The van der Waals surface area contributed by atoms with Gasteiger partial charge in [-0.3, -0.25) is 0 Å². The van der Waals surface area contributed by atoms with Crippen LogP contribution in [0.25, 0.3) is 11.1 Å². The third kappa shape index (κ3) is 3.21. The Labute approximate surface area is 205 Å². The second-order valence-corrected chi connectivity index (χ2v) is 13.7. The lowest BCUT2D eigenvalue weighted by Gasteiger charge is -2.56. The Morgan fingerprint density at radius 2 is 1.26 bits per heavy atom. The van der Waals surface area contributed by atoms with Gasteiger partial charge in [-0.15, -0.1) is 0 Å². The molecule has 2 aliphatic carbocycles. The molecule has 0 spiro atoms. The molecule has 6 rings (SSSR count). The van der Waals surface area contributed by atoms with Crippen molar-refractivity contribution in [2.75, 3.05) is 0 Å². The first-order valence-corrected chi connectivity index (χ1v) is 14.1. The third-order valence-corrected chi connectivity index (χ3v) is 12.6. The van der Waals surface area contributed by atoms with E-state index in [2.05, 4.69) is 123 Å². The zero-order valence-corrected chi connectivity index (χ0v) is 20.9. The lowest BCUT2D eigenvalue weighted by molar-refractivity contribution is 0.565. The summed E-state index contributed by atoms with van der Waals surface area (Å²) < 4.78 is 0.146. The van der Waals surface area contributed by atoms with Crippen LogP contribution in [0, 0.1) is 6.92 Å². The standard InChI is InChI=1S/C33H32S/c1-25-16-17-26-23-27-18-19-30(24-32(27)31(26)22-25)34(28-12-6-3-7-13-28,29-14-8-4-9-15-29)33(2)20-10-5-11-21-33/h3-10,12-19,22,24H,11,20-21,23H2,1-2H3. The molecule has 0 aliphatic heterocycles. The molecule has 0 bridgehead atoms. The van der Waals surface area contributed by atoms with Crippen LogP contribution in [0.15, 0.2) is 124 Å². The smallest absolute Gasteiger partial charge is 0.0129 e. The molecule has 0 fully saturated rings. The molecular weight excluding hydrogens is 428 g/mol.